The van der Waals surface area contributed by atoms with Gasteiger partial charge < -0.3 is 10.6 Å². The number of nitrogens with zero attached hydrogens (tertiary/aromatic N) is 1. The van der Waals surface area contributed by atoms with Gasteiger partial charge in [-0.25, -0.2) is 0 Å². The van der Waals surface area contributed by atoms with Crippen molar-refractivity contribution in [2.75, 3.05) is 13.1 Å². The number of hydrogen-bond acceptors (Lipinski definition) is 3. The Morgan fingerprint density at radius 1 is 1.56 bits per heavy atom. The summed E-state index contributed by atoms with van der Waals surface area (Å²) in [5.41, 5.74) is 5.82. The quantitative estimate of drug-likeness (QED) is 0.888. The van der Waals surface area contributed by atoms with Crippen molar-refractivity contribution in [3.8, 4) is 0 Å². The Balaban J connectivity index is 2.01. The molecule has 0 radical (unpaired) electrons. The molecule has 2 rings (SSSR count). The maximum Gasteiger partial charge on any atom is 0.228 e. The van der Waals surface area contributed by atoms with Gasteiger partial charge in [-0.15, -0.1) is 11.3 Å². The second-order valence-electron chi connectivity index (χ2n) is 4.93. The predicted molar refractivity (Wildman–Crippen MR) is 75.6 cm³/mol. The molecule has 0 bridgehead atoms. The van der Waals surface area contributed by atoms with E-state index in [-0.39, 0.29) is 5.91 Å². The van der Waals surface area contributed by atoms with Crippen molar-refractivity contribution in [3.05, 3.63) is 22.4 Å². The van der Waals surface area contributed by atoms with Crippen LogP contribution in [0.15, 0.2) is 17.5 Å². The summed E-state index contributed by atoms with van der Waals surface area (Å²) in [6.07, 6.45) is 4.03. The van der Waals surface area contributed by atoms with E-state index in [0.717, 1.165) is 17.8 Å². The highest BCUT2D eigenvalue weighted by atomic mass is 32.1. The fourth-order valence-corrected chi connectivity index (χ4v) is 3.66. The molecule has 4 heteroatoms. The molecule has 100 valence electrons. The first-order valence-electron chi connectivity index (χ1n) is 6.78. The Bertz CT molecular complexity index is 377. The van der Waals surface area contributed by atoms with Crippen molar-refractivity contribution < 1.29 is 4.79 Å². The summed E-state index contributed by atoms with van der Waals surface area (Å²) in [4.78, 5) is 15.6. The lowest BCUT2D eigenvalue weighted by Gasteiger charge is -2.32. The van der Waals surface area contributed by atoms with Gasteiger partial charge in [-0.05, 0) is 43.7 Å². The van der Waals surface area contributed by atoms with Crippen LogP contribution in [0, 0.1) is 5.92 Å². The van der Waals surface area contributed by atoms with Crippen LogP contribution in [0.1, 0.15) is 31.1 Å². The Hall–Kier alpha value is -0.870. The van der Waals surface area contributed by atoms with Crippen molar-refractivity contribution in [1.29, 1.82) is 0 Å². The topological polar surface area (TPSA) is 46.3 Å². The van der Waals surface area contributed by atoms with Gasteiger partial charge in [0.25, 0.3) is 0 Å². The number of carbonyl (C=O) groups excluding carboxylic acids is 1. The van der Waals surface area contributed by atoms with Crippen LogP contribution < -0.4 is 5.73 Å². The van der Waals surface area contributed by atoms with E-state index in [9.17, 15) is 4.79 Å². The molecule has 2 unspecified atom stereocenters. The van der Waals surface area contributed by atoms with E-state index in [2.05, 4.69) is 6.92 Å². The second-order valence-corrected chi connectivity index (χ2v) is 5.96. The number of amides is 1. The van der Waals surface area contributed by atoms with Gasteiger partial charge in [0, 0.05) is 17.5 Å². The fourth-order valence-electron chi connectivity index (χ4n) is 2.96. The first-order chi connectivity index (χ1) is 8.76. The zero-order valence-corrected chi connectivity index (χ0v) is 11.8. The molecule has 1 heterocycles. The number of thiophene rings is 1. The van der Waals surface area contributed by atoms with Crippen LogP contribution in [0.25, 0.3) is 0 Å². The minimum absolute atomic E-state index is 0.255. The molecule has 1 aliphatic rings. The van der Waals surface area contributed by atoms with Crippen molar-refractivity contribution in [2.45, 2.75) is 38.6 Å². The Morgan fingerprint density at radius 2 is 2.39 bits per heavy atom. The van der Waals surface area contributed by atoms with Gasteiger partial charge in [0.1, 0.15) is 0 Å². The van der Waals surface area contributed by atoms with Crippen LogP contribution in [-0.4, -0.2) is 29.9 Å². The van der Waals surface area contributed by atoms with Gasteiger partial charge in [-0.1, -0.05) is 12.5 Å². The molecule has 2 atom stereocenters. The summed E-state index contributed by atoms with van der Waals surface area (Å²) >= 11 is 1.66. The number of nitrogens with two attached hydrogens (primary N) is 1. The predicted octanol–water partition coefficient (Wildman–Crippen LogP) is 2.27. The van der Waals surface area contributed by atoms with Crippen LogP contribution in [-0.2, 0) is 11.2 Å². The summed E-state index contributed by atoms with van der Waals surface area (Å²) in [5, 5.41) is 2.02. The van der Waals surface area contributed by atoms with E-state index in [1.54, 1.807) is 11.3 Å². The van der Waals surface area contributed by atoms with Crippen LogP contribution in [0.5, 0.6) is 0 Å². The van der Waals surface area contributed by atoms with E-state index in [1.165, 1.54) is 12.8 Å². The van der Waals surface area contributed by atoms with Gasteiger partial charge >= 0.3 is 0 Å². The molecule has 0 spiro atoms. The Kier molecular flexibility index (Phi) is 4.78. The summed E-state index contributed by atoms with van der Waals surface area (Å²) in [6.45, 7) is 3.57. The number of rotatable bonds is 5. The third kappa shape index (κ3) is 2.93. The normalized spacial score (nSPS) is 23.2. The SMILES string of the molecule is CCN(C(=O)Cc1cccs1)C1CCCC1CN. The standard InChI is InChI=1S/C14H22N2OS/c1-2-16(13-7-3-5-11(13)10-15)14(17)9-12-6-4-8-18-12/h4,6,8,11,13H,2-3,5,7,9-10,15H2,1H3. The van der Waals surface area contributed by atoms with Gasteiger partial charge in [0.2, 0.25) is 5.91 Å². The number of likely N-dealkylation sites (N-methyl/N-ethyl adjacent to an activating group) is 1. The summed E-state index contributed by atoms with van der Waals surface area (Å²) in [6, 6.07) is 4.40. The average molecular weight is 266 g/mol. The van der Waals surface area contributed by atoms with Crippen LogP contribution >= 0.6 is 11.3 Å². The molecular weight excluding hydrogens is 244 g/mol. The molecule has 1 amide bonds. The van der Waals surface area contributed by atoms with Crippen LogP contribution in [0.3, 0.4) is 0 Å². The molecular formula is C14H22N2OS. The number of hydrogen-bond donors (Lipinski definition) is 1. The second kappa shape index (κ2) is 6.34. The van der Waals surface area contributed by atoms with Gasteiger partial charge in [-0.3, -0.25) is 4.79 Å². The molecule has 0 aromatic carbocycles. The highest BCUT2D eigenvalue weighted by Gasteiger charge is 2.32. The molecule has 1 saturated carbocycles. The van der Waals surface area contributed by atoms with Gasteiger partial charge in [0.15, 0.2) is 0 Å². The monoisotopic (exact) mass is 266 g/mol. The molecule has 1 fully saturated rings. The first-order valence-corrected chi connectivity index (χ1v) is 7.66. The maximum atomic E-state index is 12.4. The molecule has 1 aliphatic carbocycles. The molecule has 0 saturated heterocycles. The van der Waals surface area contributed by atoms with E-state index in [0.29, 0.717) is 24.9 Å². The summed E-state index contributed by atoms with van der Waals surface area (Å²) < 4.78 is 0. The lowest BCUT2D eigenvalue weighted by molar-refractivity contribution is -0.133. The summed E-state index contributed by atoms with van der Waals surface area (Å²) in [7, 11) is 0. The Labute approximate surface area is 113 Å². The molecule has 3 nitrogen and oxygen atoms in total. The lowest BCUT2D eigenvalue weighted by atomic mass is 10.0. The van der Waals surface area contributed by atoms with Crippen molar-refractivity contribution in [1.82, 2.24) is 4.90 Å². The third-order valence-corrected chi connectivity index (χ3v) is 4.77. The van der Waals surface area contributed by atoms with Crippen LogP contribution in [0.4, 0.5) is 0 Å². The minimum Gasteiger partial charge on any atom is -0.339 e. The average Bonchev–Trinajstić information content (AvgIpc) is 3.01. The zero-order valence-electron chi connectivity index (χ0n) is 11.0. The van der Waals surface area contributed by atoms with Crippen molar-refractivity contribution in [2.24, 2.45) is 11.7 Å². The van der Waals surface area contributed by atoms with Crippen molar-refractivity contribution >= 4 is 17.2 Å². The highest BCUT2D eigenvalue weighted by Crippen LogP contribution is 2.29. The lowest BCUT2D eigenvalue weighted by Crippen LogP contribution is -2.44. The first kappa shape index (κ1) is 13.6. The molecule has 1 aromatic heterocycles. The van der Waals surface area contributed by atoms with E-state index < -0.39 is 0 Å². The zero-order chi connectivity index (χ0) is 13.0. The third-order valence-electron chi connectivity index (χ3n) is 3.89. The molecule has 0 aliphatic heterocycles. The summed E-state index contributed by atoms with van der Waals surface area (Å²) in [5.74, 6) is 0.752. The highest BCUT2D eigenvalue weighted by molar-refractivity contribution is 7.10. The molecule has 18 heavy (non-hydrogen) atoms. The van der Waals surface area contributed by atoms with Crippen LogP contribution in [0.2, 0.25) is 0 Å². The Morgan fingerprint density at radius 3 is 3.00 bits per heavy atom. The van der Waals surface area contributed by atoms with Gasteiger partial charge in [0.05, 0.1) is 6.42 Å². The minimum atomic E-state index is 0.255. The van der Waals surface area contributed by atoms with Crippen molar-refractivity contribution in [3.63, 3.8) is 0 Å². The fraction of sp³-hybridized carbons (Fsp3) is 0.643. The smallest absolute Gasteiger partial charge is 0.228 e. The largest absolute Gasteiger partial charge is 0.339 e. The molecule has 1 aromatic rings. The maximum absolute atomic E-state index is 12.4. The van der Waals surface area contributed by atoms with Gasteiger partial charge in [-0.2, -0.15) is 0 Å². The van der Waals surface area contributed by atoms with E-state index in [4.69, 9.17) is 5.73 Å². The van der Waals surface area contributed by atoms with E-state index >= 15 is 0 Å². The van der Waals surface area contributed by atoms with E-state index in [1.807, 2.05) is 22.4 Å². The molecule has 2 N–H and O–H groups in total. The number of carbonyl (C=O) groups is 1.